The lowest BCUT2D eigenvalue weighted by molar-refractivity contribution is 0.102. The number of hydrogen-bond acceptors (Lipinski definition) is 3. The summed E-state index contributed by atoms with van der Waals surface area (Å²) >= 11 is 13.4. The van der Waals surface area contributed by atoms with Crippen LogP contribution in [0.3, 0.4) is 0 Å². The van der Waals surface area contributed by atoms with Crippen molar-refractivity contribution in [3.63, 3.8) is 0 Å². The smallest absolute Gasteiger partial charge is 0.258 e. The van der Waals surface area contributed by atoms with Crippen LogP contribution in [0.25, 0.3) is 0 Å². The van der Waals surface area contributed by atoms with Crippen LogP contribution in [0.1, 0.15) is 34.3 Å². The number of nitrogens with one attached hydrogen (secondary N) is 1. The number of hydrogen-bond donors (Lipinski definition) is 1. The van der Waals surface area contributed by atoms with Gasteiger partial charge in [-0.2, -0.15) is 0 Å². The number of anilines is 1. The van der Waals surface area contributed by atoms with Crippen molar-refractivity contribution in [1.82, 2.24) is 4.98 Å². The van der Waals surface area contributed by atoms with Crippen molar-refractivity contribution in [3.05, 3.63) is 44.4 Å². The minimum Gasteiger partial charge on any atom is -0.298 e. The molecule has 3 nitrogen and oxygen atoms in total. The lowest BCUT2D eigenvalue weighted by atomic mass is 9.93. The number of aryl methyl sites for hydroxylation is 1. The van der Waals surface area contributed by atoms with Crippen LogP contribution >= 0.6 is 34.5 Å². The molecule has 1 aromatic carbocycles. The number of carbonyl (C=O) groups excluding carboxylic acids is 1. The molecule has 1 heterocycles. The van der Waals surface area contributed by atoms with E-state index in [0.717, 1.165) is 25.0 Å². The Labute approximate surface area is 137 Å². The predicted octanol–water partition coefficient (Wildman–Crippen LogP) is 4.83. The lowest BCUT2D eigenvalue weighted by Crippen LogP contribution is -2.12. The minimum absolute atomic E-state index is 0.254. The van der Waals surface area contributed by atoms with Gasteiger partial charge in [-0.05, 0) is 43.4 Å². The van der Waals surface area contributed by atoms with Gasteiger partial charge >= 0.3 is 0 Å². The Morgan fingerprint density at radius 1 is 1.43 bits per heavy atom. The zero-order valence-corrected chi connectivity index (χ0v) is 13.8. The van der Waals surface area contributed by atoms with E-state index in [1.165, 1.54) is 4.88 Å². The molecule has 1 atom stereocenters. The van der Waals surface area contributed by atoms with Crippen molar-refractivity contribution >= 4 is 45.6 Å². The molecule has 0 aliphatic heterocycles. The van der Waals surface area contributed by atoms with Gasteiger partial charge in [-0.3, -0.25) is 10.1 Å². The summed E-state index contributed by atoms with van der Waals surface area (Å²) in [4.78, 5) is 18.1. The number of thiazole rings is 1. The number of amides is 1. The molecule has 1 amide bonds. The van der Waals surface area contributed by atoms with Gasteiger partial charge in [0, 0.05) is 9.90 Å². The van der Waals surface area contributed by atoms with Crippen molar-refractivity contribution in [2.24, 2.45) is 5.92 Å². The van der Waals surface area contributed by atoms with Gasteiger partial charge in [0.1, 0.15) is 0 Å². The Bertz CT molecular complexity index is 699. The summed E-state index contributed by atoms with van der Waals surface area (Å²) in [7, 11) is 0. The third-order valence-electron chi connectivity index (χ3n) is 3.58. The molecule has 1 N–H and O–H groups in total. The molecule has 0 radical (unpaired) electrons. The van der Waals surface area contributed by atoms with Gasteiger partial charge in [0.15, 0.2) is 5.13 Å². The molecule has 21 heavy (non-hydrogen) atoms. The first kappa shape index (κ1) is 14.8. The molecule has 1 aliphatic carbocycles. The van der Waals surface area contributed by atoms with Gasteiger partial charge in [-0.1, -0.05) is 30.1 Å². The SMILES string of the molecule is CC1CCc2nc(NC(=O)c3ccc(Cl)cc3Cl)sc2C1. The van der Waals surface area contributed by atoms with Crippen LogP contribution in [0.15, 0.2) is 18.2 Å². The van der Waals surface area contributed by atoms with Gasteiger partial charge in [-0.25, -0.2) is 4.98 Å². The maximum atomic E-state index is 12.3. The molecule has 110 valence electrons. The maximum absolute atomic E-state index is 12.3. The standard InChI is InChI=1S/C15H14Cl2N2OS/c1-8-2-5-12-13(6-8)21-15(18-12)19-14(20)10-4-3-9(16)7-11(10)17/h3-4,7-8H,2,5-6H2,1H3,(H,18,19,20). The van der Waals surface area contributed by atoms with E-state index in [2.05, 4.69) is 17.2 Å². The van der Waals surface area contributed by atoms with Crippen LogP contribution in [0, 0.1) is 5.92 Å². The molecule has 6 heteroatoms. The number of nitrogens with zero attached hydrogens (tertiary/aromatic N) is 1. The summed E-state index contributed by atoms with van der Waals surface area (Å²) in [5, 5.41) is 4.33. The highest BCUT2D eigenvalue weighted by atomic mass is 35.5. The molecule has 3 rings (SSSR count). The maximum Gasteiger partial charge on any atom is 0.258 e. The van der Waals surface area contributed by atoms with E-state index in [4.69, 9.17) is 23.2 Å². The van der Waals surface area contributed by atoms with E-state index in [9.17, 15) is 4.79 Å². The fourth-order valence-electron chi connectivity index (χ4n) is 2.43. The van der Waals surface area contributed by atoms with Gasteiger partial charge in [0.25, 0.3) is 5.91 Å². The molecule has 1 aliphatic rings. The van der Waals surface area contributed by atoms with E-state index < -0.39 is 0 Å². The van der Waals surface area contributed by atoms with Gasteiger partial charge < -0.3 is 0 Å². The van der Waals surface area contributed by atoms with E-state index >= 15 is 0 Å². The van der Waals surface area contributed by atoms with E-state index in [0.29, 0.717) is 26.7 Å². The van der Waals surface area contributed by atoms with E-state index in [1.807, 2.05) is 0 Å². The second-order valence-electron chi connectivity index (χ2n) is 5.32. The quantitative estimate of drug-likeness (QED) is 0.850. The first-order valence-corrected chi connectivity index (χ1v) is 8.35. The van der Waals surface area contributed by atoms with Gasteiger partial charge in [-0.15, -0.1) is 11.3 Å². The topological polar surface area (TPSA) is 42.0 Å². The van der Waals surface area contributed by atoms with E-state index in [1.54, 1.807) is 29.5 Å². The largest absolute Gasteiger partial charge is 0.298 e. The van der Waals surface area contributed by atoms with Crippen LogP contribution in [-0.2, 0) is 12.8 Å². The molecular formula is C15H14Cl2N2OS. The Balaban J connectivity index is 1.79. The zero-order chi connectivity index (χ0) is 15.0. The second-order valence-corrected chi connectivity index (χ2v) is 7.24. The molecule has 0 saturated heterocycles. The summed E-state index contributed by atoms with van der Waals surface area (Å²) in [5.74, 6) is 0.433. The summed E-state index contributed by atoms with van der Waals surface area (Å²) < 4.78 is 0. The number of fused-ring (bicyclic) bond motifs is 1. The summed E-state index contributed by atoms with van der Waals surface area (Å²) in [6.07, 6.45) is 3.20. The molecule has 0 saturated carbocycles. The first-order chi connectivity index (χ1) is 10.0. The molecule has 2 aromatic rings. The van der Waals surface area contributed by atoms with E-state index in [-0.39, 0.29) is 5.91 Å². The monoisotopic (exact) mass is 340 g/mol. The number of rotatable bonds is 2. The molecule has 1 unspecified atom stereocenters. The average molecular weight is 341 g/mol. The number of carbonyl (C=O) groups is 1. The minimum atomic E-state index is -0.254. The van der Waals surface area contributed by atoms with Gasteiger partial charge in [0.05, 0.1) is 16.3 Å². The lowest BCUT2D eigenvalue weighted by Gasteiger charge is -2.15. The van der Waals surface area contributed by atoms with Crippen molar-refractivity contribution in [2.75, 3.05) is 5.32 Å². The van der Waals surface area contributed by atoms with Crippen molar-refractivity contribution in [2.45, 2.75) is 26.2 Å². The summed E-state index contributed by atoms with van der Waals surface area (Å²) in [5.41, 5.74) is 1.53. The molecule has 0 bridgehead atoms. The third-order valence-corrected chi connectivity index (χ3v) is 5.17. The van der Waals surface area contributed by atoms with Crippen LogP contribution in [0.5, 0.6) is 0 Å². The predicted molar refractivity (Wildman–Crippen MR) is 87.7 cm³/mol. The number of halogens is 2. The fourth-order valence-corrected chi connectivity index (χ4v) is 4.09. The van der Waals surface area contributed by atoms with Crippen LogP contribution in [0.4, 0.5) is 5.13 Å². The highest BCUT2D eigenvalue weighted by Gasteiger charge is 2.21. The molecular weight excluding hydrogens is 327 g/mol. The zero-order valence-electron chi connectivity index (χ0n) is 11.5. The van der Waals surface area contributed by atoms with Crippen LogP contribution < -0.4 is 5.32 Å². The number of aromatic nitrogens is 1. The van der Waals surface area contributed by atoms with Gasteiger partial charge in [0.2, 0.25) is 0 Å². The fraction of sp³-hybridized carbons (Fsp3) is 0.333. The van der Waals surface area contributed by atoms with Crippen LogP contribution in [0.2, 0.25) is 10.0 Å². The highest BCUT2D eigenvalue weighted by molar-refractivity contribution is 7.15. The van der Waals surface area contributed by atoms with Crippen LogP contribution in [-0.4, -0.2) is 10.9 Å². The summed E-state index contributed by atoms with van der Waals surface area (Å²) in [6, 6.07) is 4.83. The van der Waals surface area contributed by atoms with Crippen molar-refractivity contribution in [1.29, 1.82) is 0 Å². The third kappa shape index (κ3) is 3.23. The Hall–Kier alpha value is -1.10. The molecule has 0 fully saturated rings. The summed E-state index contributed by atoms with van der Waals surface area (Å²) in [6.45, 7) is 2.24. The Kier molecular flexibility index (Phi) is 4.20. The molecule has 1 aromatic heterocycles. The van der Waals surface area contributed by atoms with Crippen molar-refractivity contribution in [3.8, 4) is 0 Å². The molecule has 0 spiro atoms. The van der Waals surface area contributed by atoms with Crippen molar-refractivity contribution < 1.29 is 4.79 Å². The second kappa shape index (κ2) is 5.95. The normalized spacial score (nSPS) is 17.4. The Morgan fingerprint density at radius 3 is 3.00 bits per heavy atom. The average Bonchev–Trinajstić information content (AvgIpc) is 2.79. The first-order valence-electron chi connectivity index (χ1n) is 6.78. The highest BCUT2D eigenvalue weighted by Crippen LogP contribution is 2.32. The Morgan fingerprint density at radius 2 is 2.24 bits per heavy atom. The number of benzene rings is 1.